The summed E-state index contributed by atoms with van der Waals surface area (Å²) in [5.74, 6) is 0.103. The molecule has 0 spiro atoms. The second-order valence-electron chi connectivity index (χ2n) is 3.99. The molecule has 1 amide bonds. The molecule has 112 valence electrons. The Hall–Kier alpha value is -1.73. The Morgan fingerprint density at radius 3 is 2.67 bits per heavy atom. The summed E-state index contributed by atoms with van der Waals surface area (Å²) in [6.45, 7) is -2.87. The van der Waals surface area contributed by atoms with Crippen LogP contribution in [0, 0.1) is 0 Å². The van der Waals surface area contributed by atoms with Crippen molar-refractivity contribution in [3.63, 3.8) is 0 Å². The van der Waals surface area contributed by atoms with Crippen molar-refractivity contribution in [3.8, 4) is 5.75 Å². The van der Waals surface area contributed by atoms with Gasteiger partial charge >= 0.3 is 6.61 Å². The molecule has 8 heteroatoms. The Morgan fingerprint density at radius 1 is 1.38 bits per heavy atom. The molecule has 0 radical (unpaired) electrons. The minimum atomic E-state index is -2.87. The molecule has 1 N–H and O–H groups in total. The topological polar surface area (TPSA) is 51.2 Å². The molecule has 21 heavy (non-hydrogen) atoms. The van der Waals surface area contributed by atoms with Crippen LogP contribution in [-0.2, 0) is 17.1 Å². The molecule has 0 saturated carbocycles. The van der Waals surface area contributed by atoms with E-state index in [4.69, 9.17) is 11.6 Å². The number of hydrogen-bond acceptors (Lipinski definition) is 4. The number of carbonyl (C=O) groups is 1. The summed E-state index contributed by atoms with van der Waals surface area (Å²) >= 11 is 7.00. The Labute approximate surface area is 128 Å². The Bertz CT molecular complexity index is 604. The minimum Gasteiger partial charge on any atom is -0.435 e. The molecule has 2 rings (SSSR count). The van der Waals surface area contributed by atoms with Gasteiger partial charge in [-0.15, -0.1) is 22.9 Å². The second-order valence-corrected chi connectivity index (χ2v) is 5.20. The number of rotatable bonds is 6. The van der Waals surface area contributed by atoms with Crippen LogP contribution < -0.4 is 10.1 Å². The standard InChI is InChI=1S/C13H11ClF2N2O2S/c14-6-9-7-21-12(18-9)5-11(19)17-8-1-3-10(4-2-8)20-13(15)16/h1-4,7,13H,5-6H2,(H,17,19). The van der Waals surface area contributed by atoms with E-state index in [-0.39, 0.29) is 18.1 Å². The molecule has 1 aromatic carbocycles. The Kier molecular flexibility index (Phi) is 5.46. The van der Waals surface area contributed by atoms with Crippen molar-refractivity contribution in [1.29, 1.82) is 0 Å². The van der Waals surface area contributed by atoms with Gasteiger partial charge in [0.15, 0.2) is 0 Å². The fourth-order valence-electron chi connectivity index (χ4n) is 1.55. The van der Waals surface area contributed by atoms with Gasteiger partial charge in [-0.3, -0.25) is 4.79 Å². The van der Waals surface area contributed by atoms with Gasteiger partial charge in [0.1, 0.15) is 10.8 Å². The third-order valence-corrected chi connectivity index (χ3v) is 3.58. The van der Waals surface area contributed by atoms with E-state index in [1.54, 1.807) is 5.38 Å². The lowest BCUT2D eigenvalue weighted by atomic mass is 10.3. The van der Waals surface area contributed by atoms with Gasteiger partial charge in [0.05, 0.1) is 18.0 Å². The predicted molar refractivity (Wildman–Crippen MR) is 77.1 cm³/mol. The molecule has 0 fully saturated rings. The van der Waals surface area contributed by atoms with Crippen molar-refractivity contribution in [2.24, 2.45) is 0 Å². The first-order valence-electron chi connectivity index (χ1n) is 5.91. The molecule has 1 heterocycles. The lowest BCUT2D eigenvalue weighted by Gasteiger charge is -2.06. The highest BCUT2D eigenvalue weighted by molar-refractivity contribution is 7.09. The van der Waals surface area contributed by atoms with Crippen molar-refractivity contribution in [1.82, 2.24) is 4.98 Å². The third-order valence-electron chi connectivity index (χ3n) is 2.41. The van der Waals surface area contributed by atoms with Crippen LogP contribution in [-0.4, -0.2) is 17.5 Å². The van der Waals surface area contributed by atoms with Crippen LogP contribution in [0.4, 0.5) is 14.5 Å². The van der Waals surface area contributed by atoms with Crippen molar-refractivity contribution in [3.05, 3.63) is 40.3 Å². The number of carbonyl (C=O) groups excluding carboxylic acids is 1. The molecular weight excluding hydrogens is 322 g/mol. The van der Waals surface area contributed by atoms with E-state index in [0.717, 1.165) is 5.69 Å². The summed E-state index contributed by atoms with van der Waals surface area (Å²) in [7, 11) is 0. The number of alkyl halides is 3. The van der Waals surface area contributed by atoms with E-state index >= 15 is 0 Å². The highest BCUT2D eigenvalue weighted by Crippen LogP contribution is 2.18. The lowest BCUT2D eigenvalue weighted by molar-refractivity contribution is -0.115. The highest BCUT2D eigenvalue weighted by Gasteiger charge is 2.09. The van der Waals surface area contributed by atoms with Crippen molar-refractivity contribution >= 4 is 34.5 Å². The number of amides is 1. The first-order valence-corrected chi connectivity index (χ1v) is 7.32. The zero-order valence-electron chi connectivity index (χ0n) is 10.7. The second kappa shape index (κ2) is 7.33. The zero-order valence-corrected chi connectivity index (χ0v) is 12.3. The molecular formula is C13H11ClF2N2O2S. The van der Waals surface area contributed by atoms with Crippen LogP contribution in [0.1, 0.15) is 10.7 Å². The molecule has 0 aliphatic carbocycles. The lowest BCUT2D eigenvalue weighted by Crippen LogP contribution is -2.14. The van der Waals surface area contributed by atoms with Gasteiger partial charge in [0.25, 0.3) is 0 Å². The molecule has 1 aromatic heterocycles. The number of benzene rings is 1. The van der Waals surface area contributed by atoms with Gasteiger partial charge in [-0.2, -0.15) is 8.78 Å². The smallest absolute Gasteiger partial charge is 0.387 e. The summed E-state index contributed by atoms with van der Waals surface area (Å²) in [6.07, 6.45) is 0.136. The normalized spacial score (nSPS) is 10.7. The number of halogens is 3. The molecule has 0 atom stereocenters. The fraction of sp³-hybridized carbons (Fsp3) is 0.231. The Balaban J connectivity index is 1.90. The molecule has 0 aliphatic rings. The molecule has 0 unspecified atom stereocenters. The van der Waals surface area contributed by atoms with Crippen molar-refractivity contribution < 1.29 is 18.3 Å². The predicted octanol–water partition coefficient (Wildman–Crippen LogP) is 3.66. The summed E-state index contributed by atoms with van der Waals surface area (Å²) in [6, 6.07) is 5.69. The summed E-state index contributed by atoms with van der Waals surface area (Å²) < 4.78 is 28.2. The van der Waals surface area contributed by atoms with Crippen LogP contribution in [0.25, 0.3) is 0 Å². The van der Waals surface area contributed by atoms with Crippen LogP contribution in [0.15, 0.2) is 29.6 Å². The first-order chi connectivity index (χ1) is 10.1. The van der Waals surface area contributed by atoms with Crippen LogP contribution in [0.3, 0.4) is 0 Å². The number of nitrogens with zero attached hydrogens (tertiary/aromatic N) is 1. The average Bonchev–Trinajstić information content (AvgIpc) is 2.88. The monoisotopic (exact) mass is 332 g/mol. The molecule has 2 aromatic rings. The fourth-order valence-corrected chi connectivity index (χ4v) is 2.57. The third kappa shape index (κ3) is 4.95. The van der Waals surface area contributed by atoms with E-state index in [1.165, 1.54) is 35.6 Å². The van der Waals surface area contributed by atoms with Crippen LogP contribution in [0.5, 0.6) is 5.75 Å². The number of hydrogen-bond donors (Lipinski definition) is 1. The maximum Gasteiger partial charge on any atom is 0.387 e. The molecule has 4 nitrogen and oxygen atoms in total. The average molecular weight is 333 g/mol. The SMILES string of the molecule is O=C(Cc1nc(CCl)cs1)Nc1ccc(OC(F)F)cc1. The summed E-state index contributed by atoms with van der Waals surface area (Å²) in [5, 5.41) is 5.12. The highest BCUT2D eigenvalue weighted by atomic mass is 35.5. The van der Waals surface area contributed by atoms with E-state index in [2.05, 4.69) is 15.0 Å². The minimum absolute atomic E-state index is 0.0367. The van der Waals surface area contributed by atoms with Crippen molar-refractivity contribution in [2.45, 2.75) is 18.9 Å². The zero-order chi connectivity index (χ0) is 15.2. The molecule has 0 saturated heterocycles. The maximum atomic E-state index is 12.0. The van der Waals surface area contributed by atoms with Gasteiger partial charge < -0.3 is 10.1 Å². The number of thiazole rings is 1. The molecule has 0 bridgehead atoms. The Morgan fingerprint density at radius 2 is 2.10 bits per heavy atom. The number of anilines is 1. The summed E-state index contributed by atoms with van der Waals surface area (Å²) in [5.41, 5.74) is 1.23. The number of nitrogens with one attached hydrogen (secondary N) is 1. The largest absolute Gasteiger partial charge is 0.435 e. The van der Waals surface area contributed by atoms with E-state index in [0.29, 0.717) is 16.6 Å². The van der Waals surface area contributed by atoms with Crippen molar-refractivity contribution in [2.75, 3.05) is 5.32 Å². The number of aromatic nitrogens is 1. The van der Waals surface area contributed by atoms with Crippen LogP contribution in [0.2, 0.25) is 0 Å². The first kappa shape index (κ1) is 15.7. The van der Waals surface area contributed by atoms with Gasteiger partial charge in [-0.1, -0.05) is 0 Å². The van der Waals surface area contributed by atoms with Gasteiger partial charge in [-0.25, -0.2) is 4.98 Å². The van der Waals surface area contributed by atoms with E-state index < -0.39 is 6.61 Å². The summed E-state index contributed by atoms with van der Waals surface area (Å²) in [4.78, 5) is 16.0. The van der Waals surface area contributed by atoms with Crippen LogP contribution >= 0.6 is 22.9 Å². The maximum absolute atomic E-state index is 12.0. The van der Waals surface area contributed by atoms with Gasteiger partial charge in [0.2, 0.25) is 5.91 Å². The van der Waals surface area contributed by atoms with E-state index in [1.807, 2.05) is 0 Å². The van der Waals surface area contributed by atoms with Gasteiger partial charge in [0, 0.05) is 11.1 Å². The van der Waals surface area contributed by atoms with E-state index in [9.17, 15) is 13.6 Å². The molecule has 0 aliphatic heterocycles. The quantitative estimate of drug-likeness (QED) is 0.821. The van der Waals surface area contributed by atoms with Gasteiger partial charge in [-0.05, 0) is 24.3 Å². The number of ether oxygens (including phenoxy) is 1.